The first-order valence-corrected chi connectivity index (χ1v) is 10.6. The number of aryl methyl sites for hydroxylation is 1. The van der Waals surface area contributed by atoms with Crippen molar-refractivity contribution in [3.63, 3.8) is 0 Å². The maximum absolute atomic E-state index is 13.6. The molecule has 3 heterocycles. The molecule has 4 rings (SSSR count). The van der Waals surface area contributed by atoms with Crippen LogP contribution in [0.5, 0.6) is 5.88 Å². The Labute approximate surface area is 194 Å². The van der Waals surface area contributed by atoms with Gasteiger partial charge in [-0.2, -0.15) is 4.98 Å². The number of pyridine rings is 1. The number of hydrogen-bond acceptors (Lipinski definition) is 6. The summed E-state index contributed by atoms with van der Waals surface area (Å²) in [5.74, 6) is 0.241. The summed E-state index contributed by atoms with van der Waals surface area (Å²) in [5, 5.41) is 0. The number of ether oxygens (including phenoxy) is 1. The van der Waals surface area contributed by atoms with E-state index in [2.05, 4.69) is 19.9 Å². The van der Waals surface area contributed by atoms with Gasteiger partial charge in [-0.15, -0.1) is 0 Å². The van der Waals surface area contributed by atoms with Gasteiger partial charge in [0, 0.05) is 29.7 Å². The predicted octanol–water partition coefficient (Wildman–Crippen LogP) is 5.53. The molecule has 0 bridgehead atoms. The van der Waals surface area contributed by atoms with Crippen LogP contribution in [0.1, 0.15) is 43.5 Å². The van der Waals surface area contributed by atoms with Gasteiger partial charge in [0.1, 0.15) is 23.9 Å². The lowest BCUT2D eigenvalue weighted by Crippen LogP contribution is -2.11. The number of anilines is 1. The van der Waals surface area contributed by atoms with Gasteiger partial charge in [0.25, 0.3) is 6.43 Å². The van der Waals surface area contributed by atoms with Gasteiger partial charge in [-0.05, 0) is 62.7 Å². The lowest BCUT2D eigenvalue weighted by molar-refractivity contribution is 0.146. The third-order valence-electron chi connectivity index (χ3n) is 5.14. The van der Waals surface area contributed by atoms with Crippen molar-refractivity contribution in [3.05, 3.63) is 71.8 Å². The van der Waals surface area contributed by atoms with E-state index in [9.17, 15) is 13.2 Å². The van der Waals surface area contributed by atoms with Crippen LogP contribution < -0.4 is 10.5 Å². The molecule has 0 aliphatic carbocycles. The van der Waals surface area contributed by atoms with Crippen LogP contribution in [0.15, 0.2) is 48.8 Å². The van der Waals surface area contributed by atoms with Crippen LogP contribution in [0.2, 0.25) is 0 Å². The van der Waals surface area contributed by atoms with Gasteiger partial charge >= 0.3 is 0 Å². The van der Waals surface area contributed by atoms with Crippen molar-refractivity contribution in [2.24, 2.45) is 0 Å². The first-order valence-electron chi connectivity index (χ1n) is 10.6. The minimum absolute atomic E-state index is 0.0588. The molecular weight excluding hydrogens is 445 g/mol. The van der Waals surface area contributed by atoms with Crippen molar-refractivity contribution >= 4 is 5.95 Å². The first-order chi connectivity index (χ1) is 16.2. The van der Waals surface area contributed by atoms with E-state index in [0.29, 0.717) is 33.9 Å². The van der Waals surface area contributed by atoms with Gasteiger partial charge in [-0.25, -0.2) is 23.1 Å². The summed E-state index contributed by atoms with van der Waals surface area (Å²) in [6.45, 7) is 5.70. The van der Waals surface area contributed by atoms with Crippen molar-refractivity contribution in [1.29, 1.82) is 0 Å². The first kappa shape index (κ1) is 23.2. The summed E-state index contributed by atoms with van der Waals surface area (Å²) in [6, 6.07) is 8.66. The third-order valence-corrected chi connectivity index (χ3v) is 5.14. The smallest absolute Gasteiger partial charge is 0.280 e. The number of rotatable bonds is 7. The number of nitrogen functional groups attached to an aromatic ring is 1. The summed E-state index contributed by atoms with van der Waals surface area (Å²) >= 11 is 0. The molecule has 0 spiro atoms. The molecule has 0 saturated heterocycles. The molecule has 0 fully saturated rings. The summed E-state index contributed by atoms with van der Waals surface area (Å²) in [4.78, 5) is 16.8. The Kier molecular flexibility index (Phi) is 6.49. The summed E-state index contributed by atoms with van der Waals surface area (Å²) in [7, 11) is 0. The minimum Gasteiger partial charge on any atom is -0.469 e. The van der Waals surface area contributed by atoms with Crippen LogP contribution in [0.3, 0.4) is 0 Å². The number of halogens is 3. The Balaban J connectivity index is 1.89. The highest BCUT2D eigenvalue weighted by Gasteiger charge is 2.22. The zero-order chi connectivity index (χ0) is 24.4. The maximum atomic E-state index is 13.6. The van der Waals surface area contributed by atoms with Gasteiger partial charge in [-0.3, -0.25) is 4.98 Å². The van der Waals surface area contributed by atoms with Crippen LogP contribution >= 0.6 is 0 Å². The Morgan fingerprint density at radius 3 is 2.44 bits per heavy atom. The van der Waals surface area contributed by atoms with E-state index in [1.54, 1.807) is 19.2 Å². The monoisotopic (exact) mass is 468 g/mol. The fraction of sp³-hybridized carbons (Fsp3) is 0.250. The molecule has 0 saturated carbocycles. The number of hydrogen-bond donors (Lipinski definition) is 1. The quantitative estimate of drug-likeness (QED) is 0.384. The van der Waals surface area contributed by atoms with Crippen molar-refractivity contribution in [1.82, 2.24) is 24.5 Å². The third kappa shape index (κ3) is 4.85. The van der Waals surface area contributed by atoms with Crippen molar-refractivity contribution in [2.75, 3.05) is 5.73 Å². The molecular formula is C24H23F3N6O. The molecule has 0 radical (unpaired) electrons. The molecule has 0 aliphatic heterocycles. The summed E-state index contributed by atoms with van der Waals surface area (Å²) in [5.41, 5.74) is 7.54. The molecule has 1 aromatic carbocycles. The molecule has 0 aliphatic rings. The topological polar surface area (TPSA) is 91.7 Å². The highest BCUT2D eigenvalue weighted by Crippen LogP contribution is 2.39. The molecule has 3 aromatic heterocycles. The van der Waals surface area contributed by atoms with E-state index < -0.39 is 17.9 Å². The average Bonchev–Trinajstić information content (AvgIpc) is 3.26. The summed E-state index contributed by atoms with van der Waals surface area (Å²) in [6.07, 6.45) is 0.730. The molecule has 34 heavy (non-hydrogen) atoms. The number of alkyl halides is 2. The minimum atomic E-state index is -2.77. The van der Waals surface area contributed by atoms with Crippen LogP contribution in [-0.4, -0.2) is 24.5 Å². The Hall–Kier alpha value is -3.95. The molecule has 0 amide bonds. The molecule has 0 unspecified atom stereocenters. The zero-order valence-electron chi connectivity index (χ0n) is 18.8. The predicted molar refractivity (Wildman–Crippen MR) is 122 cm³/mol. The van der Waals surface area contributed by atoms with E-state index in [-0.39, 0.29) is 24.5 Å². The number of aromatic nitrogens is 5. The number of nitrogens with two attached hydrogens (primary N) is 1. The SMILES string of the molecule is Cc1cc(-c2c(OCc3nccn3C(C)C)nc(N)nc2-c2ccc(F)cc2)cc(C(F)F)n1. The van der Waals surface area contributed by atoms with Crippen LogP contribution in [0, 0.1) is 12.7 Å². The Morgan fingerprint density at radius 2 is 1.76 bits per heavy atom. The number of nitrogens with zero attached hydrogens (tertiary/aromatic N) is 5. The zero-order valence-corrected chi connectivity index (χ0v) is 18.8. The largest absolute Gasteiger partial charge is 0.469 e. The van der Waals surface area contributed by atoms with Gasteiger partial charge in [-0.1, -0.05) is 0 Å². The molecule has 0 atom stereocenters. The number of imidazole rings is 1. The average molecular weight is 468 g/mol. The number of benzene rings is 1. The van der Waals surface area contributed by atoms with Gasteiger partial charge < -0.3 is 15.0 Å². The van der Waals surface area contributed by atoms with Crippen molar-refractivity contribution in [2.45, 2.75) is 39.8 Å². The van der Waals surface area contributed by atoms with E-state index in [4.69, 9.17) is 10.5 Å². The summed E-state index contributed by atoms with van der Waals surface area (Å²) < 4.78 is 48.6. The second kappa shape index (κ2) is 9.50. The maximum Gasteiger partial charge on any atom is 0.280 e. The van der Waals surface area contributed by atoms with Gasteiger partial charge in [0.15, 0.2) is 0 Å². The van der Waals surface area contributed by atoms with E-state index in [0.717, 1.165) is 0 Å². The normalized spacial score (nSPS) is 11.4. The lowest BCUT2D eigenvalue weighted by atomic mass is 9.99. The van der Waals surface area contributed by atoms with Crippen molar-refractivity contribution < 1.29 is 17.9 Å². The van der Waals surface area contributed by atoms with Crippen LogP contribution in [0.4, 0.5) is 19.1 Å². The second-order valence-corrected chi connectivity index (χ2v) is 7.97. The fourth-order valence-electron chi connectivity index (χ4n) is 3.65. The van der Waals surface area contributed by atoms with E-state index in [1.807, 2.05) is 24.6 Å². The highest BCUT2D eigenvalue weighted by molar-refractivity contribution is 5.85. The van der Waals surface area contributed by atoms with Crippen molar-refractivity contribution in [3.8, 4) is 28.3 Å². The van der Waals surface area contributed by atoms with Crippen LogP contribution in [-0.2, 0) is 6.61 Å². The molecule has 10 heteroatoms. The highest BCUT2D eigenvalue weighted by atomic mass is 19.3. The molecule has 176 valence electrons. The molecule has 2 N–H and O–H groups in total. The molecule has 7 nitrogen and oxygen atoms in total. The Bertz CT molecular complexity index is 1300. The van der Waals surface area contributed by atoms with Gasteiger partial charge in [0.2, 0.25) is 11.8 Å². The Morgan fingerprint density at radius 1 is 1.03 bits per heavy atom. The van der Waals surface area contributed by atoms with Gasteiger partial charge in [0.05, 0.1) is 11.3 Å². The standard InChI is InChI=1S/C24H23F3N6O/c1-13(2)33-9-8-29-19(33)12-34-23-20(16-10-14(3)30-18(11-16)22(26)27)21(31-24(28)32-23)15-4-6-17(25)7-5-15/h4-11,13,22H,12H2,1-3H3,(H2,28,31,32). The lowest BCUT2D eigenvalue weighted by Gasteiger charge is -2.17. The molecule has 4 aromatic rings. The second-order valence-electron chi connectivity index (χ2n) is 7.97. The van der Waals surface area contributed by atoms with E-state index in [1.165, 1.54) is 30.3 Å². The fourth-order valence-corrected chi connectivity index (χ4v) is 3.65. The van der Waals surface area contributed by atoms with Crippen LogP contribution in [0.25, 0.3) is 22.4 Å². The van der Waals surface area contributed by atoms with E-state index >= 15 is 0 Å².